The van der Waals surface area contributed by atoms with E-state index >= 15 is 0 Å². The second-order valence-corrected chi connectivity index (χ2v) is 6.35. The molecule has 2 rings (SSSR count). The molecule has 2 nitrogen and oxygen atoms in total. The molecule has 1 saturated heterocycles. The van der Waals surface area contributed by atoms with Gasteiger partial charge in [-0.3, -0.25) is 4.98 Å². The summed E-state index contributed by atoms with van der Waals surface area (Å²) >= 11 is 2.09. The van der Waals surface area contributed by atoms with Crippen molar-refractivity contribution in [2.24, 2.45) is 0 Å². The first-order chi connectivity index (χ1) is 7.67. The molecule has 16 heavy (non-hydrogen) atoms. The minimum absolute atomic E-state index is 0.322. The van der Waals surface area contributed by atoms with Crippen molar-refractivity contribution in [3.8, 4) is 0 Å². The van der Waals surface area contributed by atoms with Crippen LogP contribution in [-0.4, -0.2) is 22.5 Å². The molecule has 0 saturated carbocycles. The van der Waals surface area contributed by atoms with Crippen molar-refractivity contribution in [3.05, 3.63) is 29.6 Å². The lowest BCUT2D eigenvalue weighted by molar-refractivity contribution is 0.438. The highest BCUT2D eigenvalue weighted by Gasteiger charge is 2.38. The lowest BCUT2D eigenvalue weighted by atomic mass is 9.89. The number of thioether (sulfide) groups is 1. The first kappa shape index (κ1) is 11.9. The highest BCUT2D eigenvalue weighted by atomic mass is 32.2. The summed E-state index contributed by atoms with van der Waals surface area (Å²) in [5, 5.41) is 3.48. The smallest absolute Gasteiger partial charge is 0.0482 e. The zero-order valence-electron chi connectivity index (χ0n) is 10.3. The molecular formula is C13H20N2S. The van der Waals surface area contributed by atoms with Gasteiger partial charge in [0.15, 0.2) is 0 Å². The van der Waals surface area contributed by atoms with Crippen molar-refractivity contribution in [1.29, 1.82) is 0 Å². The molecule has 0 amide bonds. The van der Waals surface area contributed by atoms with Crippen molar-refractivity contribution in [3.63, 3.8) is 0 Å². The molecule has 3 heteroatoms. The molecule has 2 heterocycles. The third-order valence-corrected chi connectivity index (χ3v) is 5.13. The van der Waals surface area contributed by atoms with Crippen LogP contribution < -0.4 is 5.32 Å². The Balaban J connectivity index is 2.32. The summed E-state index contributed by atoms with van der Waals surface area (Å²) in [6.45, 7) is 4.54. The summed E-state index contributed by atoms with van der Waals surface area (Å²) in [4.78, 5) is 4.27. The zero-order chi connectivity index (χ0) is 11.6. The summed E-state index contributed by atoms with van der Waals surface area (Å²) in [6, 6.07) is 2.51. The van der Waals surface area contributed by atoms with E-state index in [0.717, 1.165) is 0 Å². The van der Waals surface area contributed by atoms with E-state index in [-0.39, 0.29) is 0 Å². The van der Waals surface area contributed by atoms with Gasteiger partial charge in [0.2, 0.25) is 0 Å². The summed E-state index contributed by atoms with van der Waals surface area (Å²) in [6.07, 6.45) is 6.51. The number of aromatic nitrogens is 1. The third-order valence-electron chi connectivity index (χ3n) is 3.54. The van der Waals surface area contributed by atoms with Gasteiger partial charge in [-0.15, -0.1) is 0 Å². The molecule has 1 aliphatic heterocycles. The number of nitrogens with one attached hydrogen (secondary N) is 1. The van der Waals surface area contributed by atoms with Crippen LogP contribution >= 0.6 is 11.8 Å². The van der Waals surface area contributed by atoms with E-state index in [9.17, 15) is 0 Å². The lowest BCUT2D eigenvalue weighted by Crippen LogP contribution is -2.36. The molecule has 0 spiro atoms. The topological polar surface area (TPSA) is 24.9 Å². The van der Waals surface area contributed by atoms with Gasteiger partial charge >= 0.3 is 0 Å². The lowest BCUT2D eigenvalue weighted by Gasteiger charge is -2.34. The van der Waals surface area contributed by atoms with Crippen LogP contribution in [0.3, 0.4) is 0 Å². The fourth-order valence-electron chi connectivity index (χ4n) is 2.60. The average Bonchev–Trinajstić information content (AvgIpc) is 2.70. The molecule has 0 radical (unpaired) electrons. The Morgan fingerprint density at radius 3 is 2.94 bits per heavy atom. The molecule has 0 aromatic carbocycles. The second-order valence-electron chi connectivity index (χ2n) is 4.72. The Bertz CT molecular complexity index is 359. The summed E-state index contributed by atoms with van der Waals surface area (Å²) in [7, 11) is 2.06. The molecule has 1 fully saturated rings. The SMILES string of the molecule is CNC(c1cnccc1C)C1(C)CCCS1. The van der Waals surface area contributed by atoms with Gasteiger partial charge in [-0.05, 0) is 56.7 Å². The number of hydrogen-bond donors (Lipinski definition) is 1. The quantitative estimate of drug-likeness (QED) is 0.873. The first-order valence-electron chi connectivity index (χ1n) is 5.89. The van der Waals surface area contributed by atoms with E-state index in [0.29, 0.717) is 10.8 Å². The molecule has 2 atom stereocenters. The average molecular weight is 236 g/mol. The van der Waals surface area contributed by atoms with E-state index < -0.39 is 0 Å². The molecular weight excluding hydrogens is 216 g/mol. The number of aryl methyl sites for hydroxylation is 1. The number of rotatable bonds is 3. The largest absolute Gasteiger partial charge is 0.312 e. The third kappa shape index (κ3) is 2.11. The van der Waals surface area contributed by atoms with Gasteiger partial charge < -0.3 is 5.32 Å². The molecule has 2 unspecified atom stereocenters. The van der Waals surface area contributed by atoms with Crippen LogP contribution in [0.25, 0.3) is 0 Å². The first-order valence-corrected chi connectivity index (χ1v) is 6.88. The van der Waals surface area contributed by atoms with Gasteiger partial charge in [0.25, 0.3) is 0 Å². The molecule has 0 bridgehead atoms. The van der Waals surface area contributed by atoms with E-state index in [1.165, 1.54) is 29.7 Å². The van der Waals surface area contributed by atoms with Crippen molar-refractivity contribution in [2.45, 2.75) is 37.5 Å². The van der Waals surface area contributed by atoms with Crippen LogP contribution in [0.15, 0.2) is 18.5 Å². The molecule has 1 aromatic heterocycles. The van der Waals surface area contributed by atoms with Gasteiger partial charge in [-0.1, -0.05) is 0 Å². The maximum Gasteiger partial charge on any atom is 0.0482 e. The fourth-order valence-corrected chi connectivity index (χ4v) is 4.05. The molecule has 1 N–H and O–H groups in total. The van der Waals surface area contributed by atoms with Gasteiger partial charge in [-0.25, -0.2) is 0 Å². The summed E-state index contributed by atoms with van der Waals surface area (Å²) < 4.78 is 0.322. The predicted molar refractivity (Wildman–Crippen MR) is 70.9 cm³/mol. The van der Waals surface area contributed by atoms with E-state index in [4.69, 9.17) is 0 Å². The van der Waals surface area contributed by atoms with Crippen LogP contribution in [0, 0.1) is 6.92 Å². The summed E-state index contributed by atoms with van der Waals surface area (Å²) in [5.74, 6) is 1.29. The Hall–Kier alpha value is -0.540. The highest BCUT2D eigenvalue weighted by molar-refractivity contribution is 8.00. The summed E-state index contributed by atoms with van der Waals surface area (Å²) in [5.41, 5.74) is 2.69. The number of pyridine rings is 1. The fraction of sp³-hybridized carbons (Fsp3) is 0.615. The Morgan fingerprint density at radius 1 is 1.56 bits per heavy atom. The van der Waals surface area contributed by atoms with Crippen molar-refractivity contribution in [1.82, 2.24) is 10.3 Å². The van der Waals surface area contributed by atoms with Crippen LogP contribution in [0.1, 0.15) is 36.9 Å². The van der Waals surface area contributed by atoms with E-state index in [1.807, 2.05) is 12.4 Å². The monoisotopic (exact) mass is 236 g/mol. The Morgan fingerprint density at radius 2 is 2.38 bits per heavy atom. The normalized spacial score (nSPS) is 26.9. The van der Waals surface area contributed by atoms with Crippen molar-refractivity contribution >= 4 is 11.8 Å². The van der Waals surface area contributed by atoms with Crippen LogP contribution in [0.4, 0.5) is 0 Å². The van der Waals surface area contributed by atoms with Gasteiger partial charge in [0.05, 0.1) is 0 Å². The van der Waals surface area contributed by atoms with E-state index in [2.05, 4.69) is 49.0 Å². The molecule has 88 valence electrons. The van der Waals surface area contributed by atoms with Gasteiger partial charge in [0, 0.05) is 23.2 Å². The minimum atomic E-state index is 0.322. The number of nitrogens with zero attached hydrogens (tertiary/aromatic N) is 1. The van der Waals surface area contributed by atoms with E-state index in [1.54, 1.807) is 0 Å². The Labute approximate surface area is 102 Å². The van der Waals surface area contributed by atoms with Crippen molar-refractivity contribution in [2.75, 3.05) is 12.8 Å². The minimum Gasteiger partial charge on any atom is -0.312 e. The van der Waals surface area contributed by atoms with Crippen LogP contribution in [-0.2, 0) is 0 Å². The maximum absolute atomic E-state index is 4.27. The molecule has 1 aliphatic rings. The van der Waals surface area contributed by atoms with Crippen LogP contribution in [0.2, 0.25) is 0 Å². The second kappa shape index (κ2) is 4.76. The zero-order valence-corrected chi connectivity index (χ0v) is 11.1. The molecule has 1 aromatic rings. The Kier molecular flexibility index (Phi) is 3.55. The van der Waals surface area contributed by atoms with Crippen molar-refractivity contribution < 1.29 is 0 Å². The standard InChI is InChI=1S/C13H20N2S/c1-10-5-7-15-9-11(10)12(14-3)13(2)6-4-8-16-13/h5,7,9,12,14H,4,6,8H2,1-3H3. The predicted octanol–water partition coefficient (Wildman–Crippen LogP) is 2.94. The molecule has 0 aliphatic carbocycles. The highest BCUT2D eigenvalue weighted by Crippen LogP contribution is 2.46. The van der Waals surface area contributed by atoms with Gasteiger partial charge in [-0.2, -0.15) is 11.8 Å². The number of hydrogen-bond acceptors (Lipinski definition) is 3. The van der Waals surface area contributed by atoms with Gasteiger partial charge in [0.1, 0.15) is 0 Å². The maximum atomic E-state index is 4.27. The van der Waals surface area contributed by atoms with Crippen LogP contribution in [0.5, 0.6) is 0 Å².